The first-order valence-corrected chi connectivity index (χ1v) is 14.2. The summed E-state index contributed by atoms with van der Waals surface area (Å²) in [5.41, 5.74) is 4.43. The van der Waals surface area contributed by atoms with Gasteiger partial charge < -0.3 is 10.1 Å². The molecule has 200 valence electrons. The van der Waals surface area contributed by atoms with Gasteiger partial charge in [-0.15, -0.1) is 0 Å². The number of para-hydroxylation sites is 1. The lowest BCUT2D eigenvalue weighted by Crippen LogP contribution is -2.34. The first-order chi connectivity index (χ1) is 18.7. The lowest BCUT2D eigenvalue weighted by molar-refractivity contribution is 0.0974. The van der Waals surface area contributed by atoms with Gasteiger partial charge in [0.2, 0.25) is 0 Å². The molecule has 0 aromatic heterocycles. The molecule has 0 saturated heterocycles. The molecule has 0 unspecified atom stereocenters. The lowest BCUT2D eigenvalue weighted by Gasteiger charge is -2.14. The van der Waals surface area contributed by atoms with Crippen LogP contribution in [0, 0.1) is 13.8 Å². The van der Waals surface area contributed by atoms with Crippen molar-refractivity contribution in [2.45, 2.75) is 25.2 Å². The van der Waals surface area contributed by atoms with Gasteiger partial charge in [-0.05, 0) is 79.7 Å². The third-order valence-electron chi connectivity index (χ3n) is 5.90. The molecule has 9 heteroatoms. The van der Waals surface area contributed by atoms with E-state index in [4.69, 9.17) is 17.0 Å². The molecule has 1 amide bonds. The Hall–Kier alpha value is -4.21. The smallest absolute Gasteiger partial charge is 0.261 e. The number of carbonyl (C=O) groups excluding carboxylic acids is 1. The van der Waals surface area contributed by atoms with Crippen LogP contribution in [0.4, 0.5) is 11.4 Å². The molecule has 0 fully saturated rings. The number of aryl methyl sites for hydroxylation is 2. The minimum Gasteiger partial charge on any atom is -0.492 e. The summed E-state index contributed by atoms with van der Waals surface area (Å²) in [7, 11) is -3.77. The van der Waals surface area contributed by atoms with Gasteiger partial charge in [0.25, 0.3) is 15.9 Å². The van der Waals surface area contributed by atoms with Crippen LogP contribution in [0.1, 0.15) is 27.0 Å². The summed E-state index contributed by atoms with van der Waals surface area (Å²) in [6.07, 6.45) is 0.711. The maximum absolute atomic E-state index is 12.9. The first-order valence-electron chi connectivity index (χ1n) is 12.3. The zero-order valence-electron chi connectivity index (χ0n) is 21.6. The number of nitrogens with one attached hydrogen (secondary N) is 3. The largest absolute Gasteiger partial charge is 0.492 e. The highest BCUT2D eigenvalue weighted by molar-refractivity contribution is 7.92. The number of rotatable bonds is 9. The van der Waals surface area contributed by atoms with Crippen molar-refractivity contribution in [2.75, 3.05) is 16.6 Å². The average Bonchev–Trinajstić information content (AvgIpc) is 2.91. The van der Waals surface area contributed by atoms with Crippen LogP contribution in [0.25, 0.3) is 0 Å². The van der Waals surface area contributed by atoms with Crippen LogP contribution in [0.5, 0.6) is 5.75 Å². The topological polar surface area (TPSA) is 96.5 Å². The summed E-state index contributed by atoms with van der Waals surface area (Å²) in [4.78, 5) is 13.0. The Kier molecular flexibility index (Phi) is 8.96. The van der Waals surface area contributed by atoms with Crippen LogP contribution >= 0.6 is 12.2 Å². The van der Waals surface area contributed by atoms with Crippen LogP contribution in [0.15, 0.2) is 102 Å². The third kappa shape index (κ3) is 7.66. The quantitative estimate of drug-likeness (QED) is 0.223. The van der Waals surface area contributed by atoms with Gasteiger partial charge in [0.1, 0.15) is 5.75 Å². The van der Waals surface area contributed by atoms with Crippen molar-refractivity contribution in [3.8, 4) is 5.75 Å². The third-order valence-corrected chi connectivity index (χ3v) is 7.48. The van der Waals surface area contributed by atoms with Crippen LogP contribution in [-0.2, 0) is 16.4 Å². The molecule has 0 atom stereocenters. The fourth-order valence-electron chi connectivity index (χ4n) is 3.89. The van der Waals surface area contributed by atoms with Crippen molar-refractivity contribution in [3.63, 3.8) is 0 Å². The SMILES string of the molecule is Cc1ccc(NS(=O)(=O)c2ccc(NC(=S)NC(=O)c3ccccc3OCCc3ccccc3)cc2)c(C)c1. The molecular weight excluding hydrogens is 530 g/mol. The predicted molar refractivity (Wildman–Crippen MR) is 159 cm³/mol. The zero-order chi connectivity index (χ0) is 27.8. The highest BCUT2D eigenvalue weighted by Crippen LogP contribution is 2.22. The van der Waals surface area contributed by atoms with E-state index in [-0.39, 0.29) is 10.0 Å². The molecular formula is C30H29N3O4S2. The zero-order valence-corrected chi connectivity index (χ0v) is 23.2. The van der Waals surface area contributed by atoms with E-state index in [0.717, 1.165) is 16.7 Å². The summed E-state index contributed by atoms with van der Waals surface area (Å²) in [5, 5.41) is 5.64. The number of anilines is 2. The van der Waals surface area contributed by atoms with Gasteiger partial charge in [-0.25, -0.2) is 8.42 Å². The Labute approximate surface area is 234 Å². The van der Waals surface area contributed by atoms with E-state index in [9.17, 15) is 13.2 Å². The highest BCUT2D eigenvalue weighted by Gasteiger charge is 2.17. The number of thiocarbonyl (C=S) groups is 1. The normalized spacial score (nSPS) is 10.9. The molecule has 0 aliphatic heterocycles. The maximum Gasteiger partial charge on any atom is 0.261 e. The molecule has 0 heterocycles. The van der Waals surface area contributed by atoms with Crippen molar-refractivity contribution < 1.29 is 17.9 Å². The Balaban J connectivity index is 1.34. The molecule has 4 aromatic carbocycles. The van der Waals surface area contributed by atoms with E-state index in [1.807, 2.05) is 56.3 Å². The second-order valence-electron chi connectivity index (χ2n) is 8.94. The number of carbonyl (C=O) groups is 1. The van der Waals surface area contributed by atoms with E-state index in [2.05, 4.69) is 15.4 Å². The number of ether oxygens (including phenoxy) is 1. The molecule has 4 aromatic rings. The van der Waals surface area contributed by atoms with E-state index < -0.39 is 15.9 Å². The number of sulfonamides is 1. The fourth-order valence-corrected chi connectivity index (χ4v) is 5.23. The minimum absolute atomic E-state index is 0.0723. The highest BCUT2D eigenvalue weighted by atomic mass is 32.2. The Bertz CT molecular complexity index is 1570. The molecule has 7 nitrogen and oxygen atoms in total. The summed E-state index contributed by atoms with van der Waals surface area (Å²) in [6, 6.07) is 28.5. The molecule has 0 aliphatic rings. The fraction of sp³-hybridized carbons (Fsp3) is 0.133. The molecule has 0 aliphatic carbocycles. The average molecular weight is 560 g/mol. The number of amides is 1. The van der Waals surface area contributed by atoms with Crippen molar-refractivity contribution in [3.05, 3.63) is 119 Å². The molecule has 0 spiro atoms. The monoisotopic (exact) mass is 559 g/mol. The van der Waals surface area contributed by atoms with Crippen LogP contribution in [-0.4, -0.2) is 26.0 Å². The predicted octanol–water partition coefficient (Wildman–Crippen LogP) is 5.85. The summed E-state index contributed by atoms with van der Waals surface area (Å²) < 4.78 is 34.2. The lowest BCUT2D eigenvalue weighted by atomic mass is 10.1. The summed E-state index contributed by atoms with van der Waals surface area (Å²) >= 11 is 5.31. The second kappa shape index (κ2) is 12.6. The van der Waals surface area contributed by atoms with E-state index >= 15 is 0 Å². The van der Waals surface area contributed by atoms with Gasteiger partial charge in [-0.3, -0.25) is 14.8 Å². The van der Waals surface area contributed by atoms with Gasteiger partial charge in [0.05, 0.1) is 22.8 Å². The number of hydrogen-bond acceptors (Lipinski definition) is 5. The van der Waals surface area contributed by atoms with E-state index in [0.29, 0.717) is 35.7 Å². The Morgan fingerprint density at radius 1 is 0.872 bits per heavy atom. The molecule has 3 N–H and O–H groups in total. The van der Waals surface area contributed by atoms with Gasteiger partial charge in [-0.1, -0.05) is 60.2 Å². The van der Waals surface area contributed by atoms with E-state index in [1.165, 1.54) is 12.1 Å². The van der Waals surface area contributed by atoms with Gasteiger partial charge >= 0.3 is 0 Å². The van der Waals surface area contributed by atoms with Crippen LogP contribution in [0.2, 0.25) is 0 Å². The summed E-state index contributed by atoms with van der Waals surface area (Å²) in [6.45, 7) is 4.22. The second-order valence-corrected chi connectivity index (χ2v) is 11.0. The number of hydrogen-bond donors (Lipinski definition) is 3. The Morgan fingerprint density at radius 3 is 2.28 bits per heavy atom. The van der Waals surface area contributed by atoms with Crippen LogP contribution < -0.4 is 20.1 Å². The standard InChI is InChI=1S/C30H29N3O4S2/c1-21-12-17-27(22(2)20-21)33-39(35,36)25-15-13-24(14-16-25)31-30(38)32-29(34)26-10-6-7-11-28(26)37-19-18-23-8-4-3-5-9-23/h3-17,20,33H,18-19H2,1-2H3,(H2,31,32,34,38). The van der Waals surface area contributed by atoms with Crippen molar-refractivity contribution >= 4 is 44.6 Å². The van der Waals surface area contributed by atoms with Gasteiger partial charge in [0, 0.05) is 12.1 Å². The minimum atomic E-state index is -3.77. The molecule has 0 saturated carbocycles. The first kappa shape index (κ1) is 27.8. The van der Waals surface area contributed by atoms with Crippen molar-refractivity contribution in [1.29, 1.82) is 0 Å². The van der Waals surface area contributed by atoms with Gasteiger partial charge in [0.15, 0.2) is 5.11 Å². The Morgan fingerprint density at radius 2 is 1.56 bits per heavy atom. The molecule has 4 rings (SSSR count). The number of benzene rings is 4. The van der Waals surface area contributed by atoms with Crippen molar-refractivity contribution in [1.82, 2.24) is 5.32 Å². The van der Waals surface area contributed by atoms with Crippen LogP contribution in [0.3, 0.4) is 0 Å². The van der Waals surface area contributed by atoms with Gasteiger partial charge in [-0.2, -0.15) is 0 Å². The maximum atomic E-state index is 12.9. The molecule has 0 bridgehead atoms. The summed E-state index contributed by atoms with van der Waals surface area (Å²) in [5.74, 6) is 0.0410. The molecule has 0 radical (unpaired) electrons. The van der Waals surface area contributed by atoms with Crippen molar-refractivity contribution in [2.24, 2.45) is 0 Å². The molecule has 39 heavy (non-hydrogen) atoms. The van der Waals surface area contributed by atoms with E-state index in [1.54, 1.807) is 42.5 Å².